The normalized spacial score (nSPS) is 34.5. The topological polar surface area (TPSA) is 60.2 Å². The Hall–Kier alpha value is -0.940. The zero-order chi connectivity index (χ0) is 14.1. The van der Waals surface area contributed by atoms with Crippen molar-refractivity contribution in [2.24, 2.45) is 0 Å². The Labute approximate surface area is 120 Å². The first-order valence-electron chi connectivity index (χ1n) is 7.88. The molecule has 3 heterocycles. The molecule has 112 valence electrons. The first kappa shape index (κ1) is 14.0. The molecule has 2 saturated heterocycles. The summed E-state index contributed by atoms with van der Waals surface area (Å²) in [6.07, 6.45) is 6.58. The van der Waals surface area contributed by atoms with Crippen molar-refractivity contribution >= 4 is 0 Å². The van der Waals surface area contributed by atoms with Crippen LogP contribution in [-0.4, -0.2) is 29.8 Å². The highest BCUT2D eigenvalue weighted by atomic mass is 16.5. The third kappa shape index (κ3) is 2.37. The fraction of sp³-hybridized carbons (Fsp3) is 0.867. The fourth-order valence-corrected chi connectivity index (χ4v) is 3.56. The molecule has 2 unspecified atom stereocenters. The number of aromatic nitrogens is 2. The van der Waals surface area contributed by atoms with Gasteiger partial charge in [-0.15, -0.1) is 0 Å². The Kier molecular flexibility index (Phi) is 3.82. The quantitative estimate of drug-likeness (QED) is 0.917. The third-order valence-electron chi connectivity index (χ3n) is 4.77. The van der Waals surface area contributed by atoms with Crippen LogP contribution in [0.25, 0.3) is 0 Å². The van der Waals surface area contributed by atoms with Gasteiger partial charge >= 0.3 is 0 Å². The Morgan fingerprint density at radius 3 is 2.85 bits per heavy atom. The minimum Gasteiger partial charge on any atom is -0.367 e. The zero-order valence-electron chi connectivity index (χ0n) is 12.6. The predicted octanol–water partition coefficient (Wildman–Crippen LogP) is 2.52. The van der Waals surface area contributed by atoms with Gasteiger partial charge < -0.3 is 14.6 Å². The van der Waals surface area contributed by atoms with Crippen LogP contribution in [0.2, 0.25) is 0 Å². The van der Waals surface area contributed by atoms with Crippen molar-refractivity contribution in [3.63, 3.8) is 0 Å². The summed E-state index contributed by atoms with van der Waals surface area (Å²) in [6, 6.07) is 0. The Balaban J connectivity index is 1.87. The molecule has 0 bridgehead atoms. The molecule has 1 N–H and O–H groups in total. The van der Waals surface area contributed by atoms with E-state index in [1.165, 1.54) is 6.42 Å². The standard InChI is InChI=1S/C15H25N3O2/c1-3-6-15(8-4-9-16-11-15)13-17-12(18-20-13)14(2)7-5-10-19-14/h16H,3-11H2,1-2H3. The summed E-state index contributed by atoms with van der Waals surface area (Å²) in [6.45, 7) is 7.12. The summed E-state index contributed by atoms with van der Waals surface area (Å²) in [5, 5.41) is 7.72. The molecule has 5 heteroatoms. The van der Waals surface area contributed by atoms with Crippen LogP contribution in [0.1, 0.15) is 64.1 Å². The van der Waals surface area contributed by atoms with Crippen LogP contribution in [0, 0.1) is 0 Å². The molecular formula is C15H25N3O2. The van der Waals surface area contributed by atoms with E-state index in [1.54, 1.807) is 0 Å². The first-order valence-corrected chi connectivity index (χ1v) is 7.88. The second-order valence-corrected chi connectivity index (χ2v) is 6.42. The average Bonchev–Trinajstić information content (AvgIpc) is 3.10. The highest BCUT2D eigenvalue weighted by molar-refractivity contribution is 5.11. The Bertz CT molecular complexity index is 440. The van der Waals surface area contributed by atoms with E-state index < -0.39 is 0 Å². The highest BCUT2D eigenvalue weighted by Crippen LogP contribution is 2.38. The molecule has 3 rings (SSSR count). The van der Waals surface area contributed by atoms with E-state index >= 15 is 0 Å². The summed E-state index contributed by atoms with van der Waals surface area (Å²) < 4.78 is 11.5. The summed E-state index contributed by atoms with van der Waals surface area (Å²) in [5.41, 5.74) is -0.329. The van der Waals surface area contributed by atoms with Gasteiger partial charge in [-0.05, 0) is 45.6 Å². The van der Waals surface area contributed by atoms with E-state index in [2.05, 4.69) is 24.3 Å². The first-order chi connectivity index (χ1) is 9.69. The van der Waals surface area contributed by atoms with Crippen molar-refractivity contribution < 1.29 is 9.26 Å². The van der Waals surface area contributed by atoms with Gasteiger partial charge in [0.2, 0.25) is 11.7 Å². The number of ether oxygens (including phenoxy) is 1. The molecule has 2 aliphatic rings. The maximum absolute atomic E-state index is 5.82. The van der Waals surface area contributed by atoms with Gasteiger partial charge in [-0.2, -0.15) is 4.98 Å². The zero-order valence-corrected chi connectivity index (χ0v) is 12.6. The predicted molar refractivity (Wildman–Crippen MR) is 75.5 cm³/mol. The largest absolute Gasteiger partial charge is 0.367 e. The van der Waals surface area contributed by atoms with Crippen molar-refractivity contribution in [1.29, 1.82) is 0 Å². The molecule has 0 radical (unpaired) electrons. The molecule has 2 fully saturated rings. The Morgan fingerprint density at radius 1 is 1.30 bits per heavy atom. The number of piperidine rings is 1. The van der Waals surface area contributed by atoms with Gasteiger partial charge in [-0.3, -0.25) is 0 Å². The molecule has 20 heavy (non-hydrogen) atoms. The number of nitrogens with zero attached hydrogens (tertiary/aromatic N) is 2. The summed E-state index contributed by atoms with van der Waals surface area (Å²) in [5.74, 6) is 1.53. The van der Waals surface area contributed by atoms with Crippen LogP contribution in [0.5, 0.6) is 0 Å². The van der Waals surface area contributed by atoms with E-state index in [0.29, 0.717) is 0 Å². The van der Waals surface area contributed by atoms with Crippen LogP contribution in [0.15, 0.2) is 4.52 Å². The lowest BCUT2D eigenvalue weighted by molar-refractivity contribution is 0.00768. The second-order valence-electron chi connectivity index (χ2n) is 6.42. The number of nitrogens with one attached hydrogen (secondary N) is 1. The molecule has 0 amide bonds. The lowest BCUT2D eigenvalue weighted by Crippen LogP contribution is -2.43. The monoisotopic (exact) mass is 279 g/mol. The maximum Gasteiger partial charge on any atom is 0.234 e. The summed E-state index contributed by atoms with van der Waals surface area (Å²) in [7, 11) is 0. The lowest BCUT2D eigenvalue weighted by atomic mass is 9.77. The van der Waals surface area contributed by atoms with Gasteiger partial charge in [0.05, 0.1) is 5.41 Å². The van der Waals surface area contributed by atoms with Gasteiger partial charge in [-0.25, -0.2) is 0 Å². The second kappa shape index (κ2) is 5.45. The SMILES string of the molecule is CCCC1(c2nc(C3(C)CCCO3)no2)CCCNC1. The van der Waals surface area contributed by atoms with E-state index in [9.17, 15) is 0 Å². The molecule has 0 saturated carbocycles. The van der Waals surface area contributed by atoms with Crippen LogP contribution in [0.4, 0.5) is 0 Å². The van der Waals surface area contributed by atoms with E-state index in [-0.39, 0.29) is 11.0 Å². The van der Waals surface area contributed by atoms with Gasteiger partial charge in [0.1, 0.15) is 5.60 Å². The van der Waals surface area contributed by atoms with E-state index in [1.807, 2.05) is 0 Å². The van der Waals surface area contributed by atoms with Crippen molar-refractivity contribution in [1.82, 2.24) is 15.5 Å². The molecule has 5 nitrogen and oxygen atoms in total. The van der Waals surface area contributed by atoms with Crippen LogP contribution >= 0.6 is 0 Å². The van der Waals surface area contributed by atoms with E-state index in [0.717, 1.165) is 63.5 Å². The van der Waals surface area contributed by atoms with Crippen LogP contribution < -0.4 is 5.32 Å². The average molecular weight is 279 g/mol. The van der Waals surface area contributed by atoms with E-state index in [4.69, 9.17) is 14.2 Å². The maximum atomic E-state index is 5.82. The van der Waals surface area contributed by atoms with Crippen molar-refractivity contribution in [2.45, 2.75) is 63.4 Å². The lowest BCUT2D eigenvalue weighted by Gasteiger charge is -2.34. The highest BCUT2D eigenvalue weighted by Gasteiger charge is 2.42. The van der Waals surface area contributed by atoms with Gasteiger partial charge in [-0.1, -0.05) is 18.5 Å². The summed E-state index contributed by atoms with van der Waals surface area (Å²) in [4.78, 5) is 4.74. The molecule has 1 aromatic heterocycles. The molecule has 1 aromatic rings. The number of hydrogen-bond donors (Lipinski definition) is 1. The Morgan fingerprint density at radius 2 is 2.20 bits per heavy atom. The third-order valence-corrected chi connectivity index (χ3v) is 4.77. The van der Waals surface area contributed by atoms with Crippen molar-refractivity contribution in [2.75, 3.05) is 19.7 Å². The van der Waals surface area contributed by atoms with Gasteiger partial charge in [0.25, 0.3) is 0 Å². The van der Waals surface area contributed by atoms with Gasteiger partial charge in [0, 0.05) is 13.2 Å². The molecule has 0 spiro atoms. The fourth-order valence-electron chi connectivity index (χ4n) is 3.56. The minimum atomic E-state index is -0.350. The molecule has 0 aliphatic carbocycles. The molecule has 0 aromatic carbocycles. The summed E-state index contributed by atoms with van der Waals surface area (Å²) >= 11 is 0. The van der Waals surface area contributed by atoms with Crippen LogP contribution in [-0.2, 0) is 15.8 Å². The van der Waals surface area contributed by atoms with Crippen LogP contribution in [0.3, 0.4) is 0 Å². The smallest absolute Gasteiger partial charge is 0.234 e. The molecular weight excluding hydrogens is 254 g/mol. The molecule has 2 aliphatic heterocycles. The number of rotatable bonds is 4. The molecule has 2 atom stereocenters. The minimum absolute atomic E-state index is 0.0210. The van der Waals surface area contributed by atoms with Crippen molar-refractivity contribution in [3.05, 3.63) is 11.7 Å². The number of hydrogen-bond acceptors (Lipinski definition) is 5. The van der Waals surface area contributed by atoms with Crippen molar-refractivity contribution in [3.8, 4) is 0 Å². The van der Waals surface area contributed by atoms with Gasteiger partial charge in [0.15, 0.2) is 0 Å².